The number of benzene rings is 1. The summed E-state index contributed by atoms with van der Waals surface area (Å²) in [5.74, 6) is -0.572. The van der Waals surface area contributed by atoms with Crippen LogP contribution in [0.25, 0.3) is 0 Å². The molecule has 0 aliphatic carbocycles. The molecule has 3 rings (SSSR count). The number of para-hydroxylation sites is 1. The third-order valence-corrected chi connectivity index (χ3v) is 4.25. The number of ether oxygens (including phenoxy) is 1. The number of carbonyl (C=O) groups excluding carboxylic acids is 2. The molecule has 0 fully saturated rings. The fraction of sp³-hybridized carbons (Fsp3) is 0.176. The van der Waals surface area contributed by atoms with Crippen molar-refractivity contribution in [3.63, 3.8) is 0 Å². The summed E-state index contributed by atoms with van der Waals surface area (Å²) >= 11 is 12.1. The van der Waals surface area contributed by atoms with Crippen molar-refractivity contribution in [2.75, 3.05) is 12.4 Å². The maximum Gasteiger partial charge on any atom is 0.276 e. The Bertz CT molecular complexity index is 1010. The van der Waals surface area contributed by atoms with E-state index in [0.29, 0.717) is 15.8 Å². The van der Waals surface area contributed by atoms with Crippen LogP contribution >= 0.6 is 23.2 Å². The lowest BCUT2D eigenvalue weighted by Crippen LogP contribution is -2.21. The molecule has 146 valence electrons. The summed E-state index contributed by atoms with van der Waals surface area (Å²) in [6.07, 6.45) is 3.10. The van der Waals surface area contributed by atoms with Gasteiger partial charge in [-0.05, 0) is 18.2 Å². The van der Waals surface area contributed by atoms with E-state index < -0.39 is 11.8 Å². The number of hydrogen-bond acceptors (Lipinski definition) is 5. The first-order valence-electron chi connectivity index (χ1n) is 8.06. The van der Waals surface area contributed by atoms with Gasteiger partial charge in [-0.25, -0.2) is 4.68 Å². The molecule has 0 bridgehead atoms. The number of rotatable bonds is 6. The Labute approximate surface area is 170 Å². The maximum atomic E-state index is 12.4. The normalized spacial score (nSPS) is 10.6. The predicted molar refractivity (Wildman–Crippen MR) is 104 cm³/mol. The van der Waals surface area contributed by atoms with Crippen molar-refractivity contribution in [2.24, 2.45) is 7.05 Å². The Morgan fingerprint density at radius 3 is 2.54 bits per heavy atom. The van der Waals surface area contributed by atoms with Crippen molar-refractivity contribution < 1.29 is 14.3 Å². The molecule has 28 heavy (non-hydrogen) atoms. The first kappa shape index (κ1) is 19.7. The van der Waals surface area contributed by atoms with Gasteiger partial charge in [-0.3, -0.25) is 14.3 Å². The Kier molecular flexibility index (Phi) is 5.86. The molecule has 0 unspecified atom stereocenters. The largest absolute Gasteiger partial charge is 0.468 e. The molecule has 2 heterocycles. The second-order valence-corrected chi connectivity index (χ2v) is 6.48. The van der Waals surface area contributed by atoms with Crippen molar-refractivity contribution in [3.05, 3.63) is 58.1 Å². The first-order valence-corrected chi connectivity index (χ1v) is 8.82. The van der Waals surface area contributed by atoms with E-state index in [9.17, 15) is 9.59 Å². The highest BCUT2D eigenvalue weighted by Crippen LogP contribution is 2.32. The molecule has 1 aromatic carbocycles. The van der Waals surface area contributed by atoms with Gasteiger partial charge < -0.3 is 15.4 Å². The van der Waals surface area contributed by atoms with Gasteiger partial charge in [-0.2, -0.15) is 10.2 Å². The summed E-state index contributed by atoms with van der Waals surface area (Å²) in [7, 11) is 3.13. The summed E-state index contributed by atoms with van der Waals surface area (Å²) in [6, 6.07) is 6.54. The van der Waals surface area contributed by atoms with Crippen LogP contribution in [0.1, 0.15) is 21.0 Å². The van der Waals surface area contributed by atoms with Gasteiger partial charge in [0.2, 0.25) is 0 Å². The van der Waals surface area contributed by atoms with Crippen LogP contribution in [0.2, 0.25) is 10.0 Å². The summed E-state index contributed by atoms with van der Waals surface area (Å²) in [5, 5.41) is 14.0. The van der Waals surface area contributed by atoms with Crippen LogP contribution in [0.3, 0.4) is 0 Å². The van der Waals surface area contributed by atoms with E-state index >= 15 is 0 Å². The second kappa shape index (κ2) is 8.32. The quantitative estimate of drug-likeness (QED) is 0.635. The van der Waals surface area contributed by atoms with Crippen molar-refractivity contribution >= 4 is 40.7 Å². The van der Waals surface area contributed by atoms with E-state index in [-0.39, 0.29) is 23.8 Å². The Morgan fingerprint density at radius 2 is 1.86 bits per heavy atom. The smallest absolute Gasteiger partial charge is 0.276 e. The summed E-state index contributed by atoms with van der Waals surface area (Å²) in [6.45, 7) is 0.00706. The highest BCUT2D eigenvalue weighted by molar-refractivity contribution is 6.37. The zero-order valence-electron chi connectivity index (χ0n) is 14.9. The summed E-state index contributed by atoms with van der Waals surface area (Å²) < 4.78 is 8.42. The highest BCUT2D eigenvalue weighted by Gasteiger charge is 2.19. The monoisotopic (exact) mass is 422 g/mol. The zero-order chi connectivity index (χ0) is 20.3. The molecule has 3 aromatic rings. The van der Waals surface area contributed by atoms with Crippen LogP contribution in [-0.2, 0) is 13.8 Å². The number of nitrogens with one attached hydrogen (secondary N) is 2. The Morgan fingerprint density at radius 1 is 1.14 bits per heavy atom. The van der Waals surface area contributed by atoms with Crippen LogP contribution < -0.4 is 15.4 Å². The second-order valence-electron chi connectivity index (χ2n) is 5.66. The van der Waals surface area contributed by atoms with Gasteiger partial charge in [0.1, 0.15) is 0 Å². The number of carbonyl (C=O) groups is 2. The van der Waals surface area contributed by atoms with Crippen molar-refractivity contribution in [3.8, 4) is 5.75 Å². The lowest BCUT2D eigenvalue weighted by atomic mass is 10.3. The van der Waals surface area contributed by atoms with Gasteiger partial charge >= 0.3 is 0 Å². The molecule has 0 aliphatic rings. The molecule has 11 heteroatoms. The van der Waals surface area contributed by atoms with Crippen molar-refractivity contribution in [1.82, 2.24) is 24.9 Å². The maximum absolute atomic E-state index is 12.4. The van der Waals surface area contributed by atoms with E-state index in [0.717, 1.165) is 0 Å². The number of anilines is 1. The van der Waals surface area contributed by atoms with Crippen molar-refractivity contribution in [2.45, 2.75) is 6.73 Å². The van der Waals surface area contributed by atoms with Gasteiger partial charge in [0.15, 0.2) is 23.9 Å². The fourth-order valence-electron chi connectivity index (χ4n) is 2.36. The van der Waals surface area contributed by atoms with Gasteiger partial charge in [0, 0.05) is 26.5 Å². The molecule has 0 saturated heterocycles. The SMILES string of the molecule is CNC(=O)c1nn(C)cc1NC(=O)c1ccn(COc2c(Cl)cccc2Cl)n1. The molecule has 2 N–H and O–H groups in total. The van der Waals surface area contributed by atoms with Gasteiger partial charge in [-0.1, -0.05) is 29.3 Å². The molecule has 0 aliphatic heterocycles. The van der Waals surface area contributed by atoms with Crippen molar-refractivity contribution in [1.29, 1.82) is 0 Å². The minimum Gasteiger partial charge on any atom is -0.468 e. The number of hydrogen-bond donors (Lipinski definition) is 2. The molecule has 0 saturated carbocycles. The summed E-state index contributed by atoms with van der Waals surface area (Å²) in [4.78, 5) is 24.3. The van der Waals surface area contributed by atoms with E-state index in [1.807, 2.05) is 0 Å². The Hall–Kier alpha value is -3.04. The molecule has 0 atom stereocenters. The molecule has 9 nitrogen and oxygen atoms in total. The number of amides is 2. The Balaban J connectivity index is 1.69. The minimum absolute atomic E-state index is 0.00706. The number of halogens is 2. The average Bonchev–Trinajstić information content (AvgIpc) is 3.27. The third kappa shape index (κ3) is 4.26. The molecular weight excluding hydrogens is 407 g/mol. The van der Waals surface area contributed by atoms with E-state index in [2.05, 4.69) is 20.8 Å². The highest BCUT2D eigenvalue weighted by atomic mass is 35.5. The van der Waals surface area contributed by atoms with E-state index in [4.69, 9.17) is 27.9 Å². The first-order chi connectivity index (χ1) is 13.4. The lowest BCUT2D eigenvalue weighted by Gasteiger charge is -2.09. The number of nitrogens with zero attached hydrogens (tertiary/aromatic N) is 4. The molecule has 0 radical (unpaired) electrons. The average molecular weight is 423 g/mol. The topological polar surface area (TPSA) is 103 Å². The number of aryl methyl sites for hydroxylation is 1. The van der Waals surface area contributed by atoms with Crippen LogP contribution in [0, 0.1) is 0 Å². The predicted octanol–water partition coefficient (Wildman–Crippen LogP) is 2.57. The van der Waals surface area contributed by atoms with Gasteiger partial charge in [-0.15, -0.1) is 0 Å². The number of aromatic nitrogens is 4. The van der Waals surface area contributed by atoms with Crippen LogP contribution in [-0.4, -0.2) is 38.4 Å². The summed E-state index contributed by atoms with van der Waals surface area (Å²) in [5.41, 5.74) is 0.524. The van der Waals surface area contributed by atoms with E-state index in [1.54, 1.807) is 31.4 Å². The van der Waals surface area contributed by atoms with Crippen LogP contribution in [0.4, 0.5) is 5.69 Å². The van der Waals surface area contributed by atoms with Crippen LogP contribution in [0.5, 0.6) is 5.75 Å². The molecule has 2 aromatic heterocycles. The minimum atomic E-state index is -0.493. The van der Waals surface area contributed by atoms with Crippen LogP contribution in [0.15, 0.2) is 36.7 Å². The van der Waals surface area contributed by atoms with Gasteiger partial charge in [0.05, 0.1) is 15.7 Å². The molecule has 0 spiro atoms. The fourth-order valence-corrected chi connectivity index (χ4v) is 2.86. The van der Waals surface area contributed by atoms with Gasteiger partial charge in [0.25, 0.3) is 11.8 Å². The molecular formula is C17H16Cl2N6O3. The zero-order valence-corrected chi connectivity index (χ0v) is 16.5. The lowest BCUT2D eigenvalue weighted by molar-refractivity contribution is 0.0958. The third-order valence-electron chi connectivity index (χ3n) is 3.65. The molecule has 2 amide bonds. The standard InChI is InChI=1S/C17H16Cl2N6O3/c1-20-17(27)14-13(8-24(2)23-14)21-16(26)12-6-7-25(22-12)9-28-15-10(18)4-3-5-11(15)19/h3-8H,9H2,1-2H3,(H,20,27)(H,21,26). The van der Waals surface area contributed by atoms with E-state index in [1.165, 1.54) is 28.7 Å².